The summed E-state index contributed by atoms with van der Waals surface area (Å²) in [6.07, 6.45) is 1.43. The first kappa shape index (κ1) is 29.7. The van der Waals surface area contributed by atoms with Crippen LogP contribution in [0, 0.1) is 5.92 Å². The molecule has 0 aromatic rings. The van der Waals surface area contributed by atoms with Crippen molar-refractivity contribution in [1.29, 1.82) is 0 Å². The normalized spacial score (nSPS) is 14.0. The molecule has 180 valence electrons. The first-order valence-corrected chi connectivity index (χ1v) is 15.1. The summed E-state index contributed by atoms with van der Waals surface area (Å²) in [6.45, 7) is 20.9. The van der Waals surface area contributed by atoms with Crippen LogP contribution in [0.5, 0.6) is 0 Å². The second kappa shape index (κ2) is 15.5. The molecule has 0 saturated heterocycles. The molecule has 0 heterocycles. The summed E-state index contributed by atoms with van der Waals surface area (Å²) >= 11 is 0. The molecule has 0 rings (SSSR count). The highest BCUT2D eigenvalue weighted by Crippen LogP contribution is 2.41. The van der Waals surface area contributed by atoms with Gasteiger partial charge in [-0.05, 0) is 67.2 Å². The average molecular weight is 466 g/mol. The van der Waals surface area contributed by atoms with E-state index in [1.54, 1.807) is 0 Å². The fraction of sp³-hybridized carbons (Fsp3) is 0.905. The van der Waals surface area contributed by atoms with Gasteiger partial charge in [-0.1, -0.05) is 19.4 Å². The van der Waals surface area contributed by atoms with Crippen LogP contribution in [-0.4, -0.2) is 57.3 Å². The van der Waals surface area contributed by atoms with E-state index in [0.29, 0.717) is 52.0 Å². The van der Waals surface area contributed by atoms with Gasteiger partial charge in [-0.25, -0.2) is 0 Å². The Kier molecular flexibility index (Phi) is 15.4. The van der Waals surface area contributed by atoms with E-state index in [1.165, 1.54) is 0 Å². The lowest BCUT2D eigenvalue weighted by molar-refractivity contribution is 0.0324. The Hall–Kier alpha value is -0.266. The Morgan fingerprint density at radius 2 is 0.933 bits per heavy atom. The molecule has 7 nitrogen and oxygen atoms in total. The van der Waals surface area contributed by atoms with Crippen LogP contribution in [-0.2, 0) is 26.6 Å². The van der Waals surface area contributed by atoms with Crippen LogP contribution in [0.4, 0.5) is 0 Å². The second-order valence-electron chi connectivity index (χ2n) is 7.47. The van der Waals surface area contributed by atoms with Gasteiger partial charge in [0.15, 0.2) is 0 Å². The Bertz CT molecular complexity index is 430. The molecule has 0 amide bonds. The fourth-order valence-electron chi connectivity index (χ4n) is 3.66. The zero-order valence-corrected chi connectivity index (χ0v) is 22.8. The molecule has 0 aromatic carbocycles. The molecule has 0 unspecified atom stereocenters. The van der Waals surface area contributed by atoms with Crippen LogP contribution in [0.25, 0.3) is 0 Å². The average Bonchev–Trinajstić information content (AvgIpc) is 2.66. The van der Waals surface area contributed by atoms with Gasteiger partial charge in [-0.2, -0.15) is 0 Å². The van der Waals surface area contributed by atoms with E-state index in [2.05, 4.69) is 20.8 Å². The summed E-state index contributed by atoms with van der Waals surface area (Å²) in [5.41, 5.74) is 8.60. The lowest BCUT2D eigenvalue weighted by Crippen LogP contribution is -2.64. The molecule has 0 saturated carbocycles. The highest BCUT2D eigenvalue weighted by molar-refractivity contribution is 6.82. The van der Waals surface area contributed by atoms with Crippen molar-refractivity contribution in [3.05, 3.63) is 11.3 Å². The zero-order valence-electron chi connectivity index (χ0n) is 20.8. The van der Waals surface area contributed by atoms with Crippen molar-refractivity contribution in [2.45, 2.75) is 80.3 Å². The molecule has 0 aliphatic carbocycles. The van der Waals surface area contributed by atoms with Gasteiger partial charge in [0.25, 0.3) is 0 Å². The van der Waals surface area contributed by atoms with Crippen LogP contribution in [0.2, 0.25) is 5.16 Å². The molecule has 0 fully saturated rings. The summed E-state index contributed by atoms with van der Waals surface area (Å²) in [6, 6.07) is 0. The van der Waals surface area contributed by atoms with Crippen molar-refractivity contribution in [3.8, 4) is 0 Å². The lowest BCUT2D eigenvalue weighted by atomic mass is 10.0. The largest absolute Gasteiger partial charge is 0.509 e. The maximum absolute atomic E-state index is 6.63. The van der Waals surface area contributed by atoms with Crippen molar-refractivity contribution in [1.82, 2.24) is 0 Å². The smallest absolute Gasteiger partial charge is 0.402 e. The highest BCUT2D eigenvalue weighted by atomic mass is 28.5. The topological polar surface area (TPSA) is 81.4 Å². The molecule has 0 bridgehead atoms. The Morgan fingerprint density at radius 1 is 0.633 bits per heavy atom. The van der Waals surface area contributed by atoms with E-state index < -0.39 is 17.6 Å². The molecule has 0 aliphatic heterocycles. The number of rotatable bonds is 18. The minimum atomic E-state index is -3.25. The van der Waals surface area contributed by atoms with Gasteiger partial charge >= 0.3 is 17.6 Å². The van der Waals surface area contributed by atoms with Gasteiger partial charge in [0.2, 0.25) is 0 Å². The lowest BCUT2D eigenvalue weighted by Gasteiger charge is -2.42. The van der Waals surface area contributed by atoms with Crippen LogP contribution < -0.4 is 5.73 Å². The first-order chi connectivity index (χ1) is 14.2. The molecule has 0 aliphatic rings. The summed E-state index contributed by atoms with van der Waals surface area (Å²) in [5.74, 6) is 0.516. The predicted octanol–water partition coefficient (Wildman–Crippen LogP) is 4.66. The van der Waals surface area contributed by atoms with Gasteiger partial charge < -0.3 is 32.3 Å². The van der Waals surface area contributed by atoms with Crippen LogP contribution in [0.3, 0.4) is 0 Å². The third kappa shape index (κ3) is 8.70. The number of hydrogen-bond donors (Lipinski definition) is 1. The number of nitrogens with two attached hydrogens (primary N) is 1. The Balaban J connectivity index is 6.63. The van der Waals surface area contributed by atoms with E-state index in [0.717, 1.165) is 17.7 Å². The molecule has 0 atom stereocenters. The first-order valence-electron chi connectivity index (χ1n) is 11.5. The second-order valence-corrected chi connectivity index (χ2v) is 13.6. The highest BCUT2D eigenvalue weighted by Gasteiger charge is 2.65. The van der Waals surface area contributed by atoms with Crippen LogP contribution >= 0.6 is 0 Å². The van der Waals surface area contributed by atoms with Crippen molar-refractivity contribution in [2.24, 2.45) is 11.7 Å². The van der Waals surface area contributed by atoms with Crippen LogP contribution in [0.15, 0.2) is 11.3 Å². The summed E-state index contributed by atoms with van der Waals surface area (Å²) < 4.78 is 37.7. The van der Waals surface area contributed by atoms with E-state index in [4.69, 9.17) is 32.3 Å². The van der Waals surface area contributed by atoms with E-state index >= 15 is 0 Å². The van der Waals surface area contributed by atoms with Gasteiger partial charge in [0.05, 0.1) is 0 Å². The van der Waals surface area contributed by atoms with Gasteiger partial charge in [0.1, 0.15) is 5.16 Å². The van der Waals surface area contributed by atoms with E-state index in [-0.39, 0.29) is 5.16 Å². The standard InChI is InChI=1S/C21H47NO6Si2/c1-10-23-29(24-11-2,25-12-3)21(17-20(22)19(9)16-18(7)8)30(26-13-4,27-14-5)28-15-6/h18,21H,10-17,22H2,1-9H3/b20-19+. The third-order valence-corrected chi connectivity index (χ3v) is 13.0. The van der Waals surface area contributed by atoms with E-state index in [9.17, 15) is 0 Å². The van der Waals surface area contributed by atoms with Crippen LogP contribution in [0.1, 0.15) is 75.2 Å². The molecular weight excluding hydrogens is 418 g/mol. The summed E-state index contributed by atoms with van der Waals surface area (Å²) in [7, 11) is -6.50. The van der Waals surface area contributed by atoms with Gasteiger partial charge in [-0.3, -0.25) is 0 Å². The summed E-state index contributed by atoms with van der Waals surface area (Å²) in [4.78, 5) is 0. The molecule has 0 spiro atoms. The zero-order chi connectivity index (χ0) is 23.2. The van der Waals surface area contributed by atoms with E-state index in [1.807, 2.05) is 41.5 Å². The molecule has 9 heteroatoms. The number of allylic oxidation sites excluding steroid dienone is 2. The maximum Gasteiger partial charge on any atom is 0.509 e. The molecular formula is C21H47NO6Si2. The van der Waals surface area contributed by atoms with Gasteiger partial charge in [0, 0.05) is 45.3 Å². The SMILES string of the molecule is CCO[Si](OCC)(OCC)C(C/C(N)=C(/C)CC(C)C)[Si](OCC)(OCC)OCC. The maximum atomic E-state index is 6.63. The van der Waals surface area contributed by atoms with Crippen molar-refractivity contribution < 1.29 is 26.6 Å². The molecule has 0 radical (unpaired) electrons. The quantitative estimate of drug-likeness (QED) is 0.295. The third-order valence-electron chi connectivity index (χ3n) is 4.61. The minimum Gasteiger partial charge on any atom is -0.402 e. The minimum absolute atomic E-state index is 0.341. The Morgan fingerprint density at radius 3 is 1.17 bits per heavy atom. The fourth-order valence-corrected chi connectivity index (χ4v) is 12.0. The monoisotopic (exact) mass is 465 g/mol. The van der Waals surface area contributed by atoms with Crippen molar-refractivity contribution in [2.75, 3.05) is 39.6 Å². The molecule has 0 aromatic heterocycles. The molecule has 2 N–H and O–H groups in total. The predicted molar refractivity (Wildman–Crippen MR) is 126 cm³/mol. The number of hydrogen-bond acceptors (Lipinski definition) is 7. The van der Waals surface area contributed by atoms with Crippen molar-refractivity contribution >= 4 is 17.6 Å². The van der Waals surface area contributed by atoms with Crippen molar-refractivity contribution in [3.63, 3.8) is 0 Å². The Labute approximate surface area is 187 Å². The summed E-state index contributed by atoms with van der Waals surface area (Å²) in [5, 5.41) is -0.341. The molecule has 30 heavy (non-hydrogen) atoms. The van der Waals surface area contributed by atoms with Gasteiger partial charge in [-0.15, -0.1) is 0 Å².